The first-order chi connectivity index (χ1) is 11.6. The van der Waals surface area contributed by atoms with Crippen molar-refractivity contribution in [1.82, 2.24) is 19.4 Å². The lowest BCUT2D eigenvalue weighted by atomic mass is 9.95. The maximum Gasteiger partial charge on any atom is 0.227 e. The van der Waals surface area contributed by atoms with E-state index in [2.05, 4.69) is 44.8 Å². The fourth-order valence-electron chi connectivity index (χ4n) is 3.22. The number of rotatable bonds is 6. The van der Waals surface area contributed by atoms with Gasteiger partial charge in [0.2, 0.25) is 5.91 Å². The summed E-state index contributed by atoms with van der Waals surface area (Å²) in [5.41, 5.74) is 0. The molecule has 1 saturated heterocycles. The smallest absolute Gasteiger partial charge is 0.227 e. The molecule has 1 N–H and O–H groups in total. The summed E-state index contributed by atoms with van der Waals surface area (Å²) in [4.78, 5) is 23.0. The summed E-state index contributed by atoms with van der Waals surface area (Å²) in [5.74, 6) is 1.79. The molecule has 1 aliphatic heterocycles. The van der Waals surface area contributed by atoms with Crippen LogP contribution in [-0.4, -0.2) is 45.0 Å². The van der Waals surface area contributed by atoms with E-state index >= 15 is 0 Å². The molecule has 0 atom stereocenters. The zero-order valence-corrected chi connectivity index (χ0v) is 15.1. The van der Waals surface area contributed by atoms with Crippen molar-refractivity contribution in [3.05, 3.63) is 29.8 Å². The van der Waals surface area contributed by atoms with Crippen LogP contribution in [0.5, 0.6) is 0 Å². The number of piperidine rings is 1. The molecule has 0 bridgehead atoms. The van der Waals surface area contributed by atoms with Gasteiger partial charge >= 0.3 is 0 Å². The van der Waals surface area contributed by atoms with Gasteiger partial charge in [0.05, 0.1) is 0 Å². The highest BCUT2D eigenvalue weighted by Gasteiger charge is 2.24. The number of nitrogens with zero attached hydrogens (tertiary/aromatic N) is 4. The number of carbonyl (C=O) groups is 1. The minimum absolute atomic E-state index is 0.0439. The third kappa shape index (κ3) is 4.21. The van der Waals surface area contributed by atoms with Crippen LogP contribution in [0.4, 0.5) is 5.13 Å². The Labute approximate surface area is 146 Å². The van der Waals surface area contributed by atoms with E-state index in [0.717, 1.165) is 32.5 Å². The number of likely N-dealkylation sites (tertiary alicyclic amines) is 1. The Bertz CT molecular complexity index is 644. The molecule has 7 heteroatoms. The lowest BCUT2D eigenvalue weighted by Crippen LogP contribution is -2.35. The van der Waals surface area contributed by atoms with Gasteiger partial charge < -0.3 is 14.8 Å². The highest BCUT2D eigenvalue weighted by Crippen LogP contribution is 2.28. The molecule has 24 heavy (non-hydrogen) atoms. The first-order valence-corrected chi connectivity index (χ1v) is 9.46. The van der Waals surface area contributed by atoms with Gasteiger partial charge in [0.1, 0.15) is 5.82 Å². The maximum absolute atomic E-state index is 11.9. The zero-order valence-electron chi connectivity index (χ0n) is 14.3. The average molecular weight is 347 g/mol. The van der Waals surface area contributed by atoms with Crippen LogP contribution in [0, 0.1) is 0 Å². The Morgan fingerprint density at radius 2 is 2.12 bits per heavy atom. The van der Waals surface area contributed by atoms with E-state index in [-0.39, 0.29) is 5.91 Å². The average Bonchev–Trinajstić information content (AvgIpc) is 3.25. The van der Waals surface area contributed by atoms with E-state index in [1.54, 1.807) is 6.20 Å². The van der Waals surface area contributed by atoms with Crippen LogP contribution in [-0.2, 0) is 4.79 Å². The molecule has 0 saturated carbocycles. The molecule has 1 aliphatic rings. The van der Waals surface area contributed by atoms with Crippen molar-refractivity contribution >= 4 is 22.4 Å². The normalized spacial score (nSPS) is 16.6. The Hall–Kier alpha value is -1.73. The van der Waals surface area contributed by atoms with E-state index in [9.17, 15) is 4.79 Å². The molecule has 0 aromatic carbocycles. The Kier molecular flexibility index (Phi) is 5.63. The minimum atomic E-state index is 0.0439. The second-order valence-corrected chi connectivity index (χ2v) is 7.43. The molecule has 0 unspecified atom stereocenters. The van der Waals surface area contributed by atoms with Crippen molar-refractivity contribution < 1.29 is 4.79 Å². The van der Waals surface area contributed by atoms with Crippen molar-refractivity contribution in [1.29, 1.82) is 0 Å². The van der Waals surface area contributed by atoms with Gasteiger partial charge in [0, 0.05) is 48.9 Å². The SMILES string of the molecule is CC(C)n1ccnc1C1CCN(CCC(=O)Nc2nccs2)CC1. The van der Waals surface area contributed by atoms with E-state index in [0.29, 0.717) is 23.5 Å². The minimum Gasteiger partial charge on any atom is -0.332 e. The number of amides is 1. The summed E-state index contributed by atoms with van der Waals surface area (Å²) in [6.45, 7) is 7.26. The summed E-state index contributed by atoms with van der Waals surface area (Å²) in [5, 5.41) is 5.38. The fourth-order valence-corrected chi connectivity index (χ4v) is 3.76. The van der Waals surface area contributed by atoms with Gasteiger partial charge in [-0.2, -0.15) is 0 Å². The van der Waals surface area contributed by atoms with Crippen LogP contribution in [0.25, 0.3) is 0 Å². The number of anilines is 1. The van der Waals surface area contributed by atoms with Crippen LogP contribution in [0.15, 0.2) is 24.0 Å². The quantitative estimate of drug-likeness (QED) is 0.872. The summed E-state index contributed by atoms with van der Waals surface area (Å²) < 4.78 is 2.28. The molecule has 2 aromatic rings. The van der Waals surface area contributed by atoms with Gasteiger partial charge in [-0.1, -0.05) is 0 Å². The molecule has 1 amide bonds. The molecular formula is C17H25N5OS. The Morgan fingerprint density at radius 1 is 1.33 bits per heavy atom. The first-order valence-electron chi connectivity index (χ1n) is 8.58. The topological polar surface area (TPSA) is 63.1 Å². The molecule has 6 nitrogen and oxygen atoms in total. The highest BCUT2D eigenvalue weighted by atomic mass is 32.1. The van der Waals surface area contributed by atoms with Gasteiger partial charge in [-0.25, -0.2) is 9.97 Å². The maximum atomic E-state index is 11.9. The van der Waals surface area contributed by atoms with Crippen LogP contribution in [0.3, 0.4) is 0 Å². The van der Waals surface area contributed by atoms with Crippen molar-refractivity contribution in [2.24, 2.45) is 0 Å². The number of aromatic nitrogens is 3. The van der Waals surface area contributed by atoms with Crippen molar-refractivity contribution in [2.45, 2.75) is 45.1 Å². The molecule has 1 fully saturated rings. The molecule has 130 valence electrons. The number of thiazole rings is 1. The Balaban J connectivity index is 1.43. The molecular weight excluding hydrogens is 322 g/mol. The van der Waals surface area contributed by atoms with Crippen LogP contribution in [0.1, 0.15) is 50.9 Å². The highest BCUT2D eigenvalue weighted by molar-refractivity contribution is 7.13. The number of carbonyl (C=O) groups excluding carboxylic acids is 1. The molecule has 0 spiro atoms. The fraction of sp³-hybridized carbons (Fsp3) is 0.588. The molecule has 0 radical (unpaired) electrons. The predicted molar refractivity (Wildman–Crippen MR) is 96.4 cm³/mol. The summed E-state index contributed by atoms with van der Waals surface area (Å²) in [6.07, 6.45) is 8.42. The lowest BCUT2D eigenvalue weighted by Gasteiger charge is -2.32. The van der Waals surface area contributed by atoms with Crippen molar-refractivity contribution in [2.75, 3.05) is 25.0 Å². The number of hydrogen-bond acceptors (Lipinski definition) is 5. The molecule has 2 aromatic heterocycles. The number of imidazole rings is 1. The van der Waals surface area contributed by atoms with Crippen LogP contribution < -0.4 is 5.32 Å². The summed E-state index contributed by atoms with van der Waals surface area (Å²) in [7, 11) is 0. The summed E-state index contributed by atoms with van der Waals surface area (Å²) in [6, 6.07) is 0.454. The van der Waals surface area contributed by atoms with Crippen LogP contribution >= 0.6 is 11.3 Å². The van der Waals surface area contributed by atoms with Gasteiger partial charge in [-0.05, 0) is 39.8 Å². The van der Waals surface area contributed by atoms with Gasteiger partial charge in [-0.3, -0.25) is 4.79 Å². The zero-order chi connectivity index (χ0) is 16.9. The molecule has 3 rings (SSSR count). The molecule has 3 heterocycles. The molecule has 0 aliphatic carbocycles. The van der Waals surface area contributed by atoms with E-state index in [4.69, 9.17) is 0 Å². The second-order valence-electron chi connectivity index (χ2n) is 6.54. The third-order valence-corrected chi connectivity index (χ3v) is 5.23. The van der Waals surface area contributed by atoms with Gasteiger partial charge in [0.15, 0.2) is 5.13 Å². The van der Waals surface area contributed by atoms with Gasteiger partial charge in [0.25, 0.3) is 0 Å². The summed E-state index contributed by atoms with van der Waals surface area (Å²) >= 11 is 1.45. The van der Waals surface area contributed by atoms with Gasteiger partial charge in [-0.15, -0.1) is 11.3 Å². The number of nitrogens with one attached hydrogen (secondary N) is 1. The van der Waals surface area contributed by atoms with E-state index < -0.39 is 0 Å². The Morgan fingerprint density at radius 3 is 2.79 bits per heavy atom. The standard InChI is InChI=1S/C17H25N5OS/c1-13(2)22-11-6-18-16(22)14-3-8-21(9-4-14)10-5-15(23)20-17-19-7-12-24-17/h6-7,11-14H,3-5,8-10H2,1-2H3,(H,19,20,23). The van der Waals surface area contributed by atoms with Crippen molar-refractivity contribution in [3.8, 4) is 0 Å². The van der Waals surface area contributed by atoms with Crippen molar-refractivity contribution in [3.63, 3.8) is 0 Å². The third-order valence-electron chi connectivity index (χ3n) is 4.54. The van der Waals surface area contributed by atoms with Crippen LogP contribution in [0.2, 0.25) is 0 Å². The first kappa shape index (κ1) is 17.1. The second kappa shape index (κ2) is 7.90. The monoisotopic (exact) mass is 347 g/mol. The van der Waals surface area contributed by atoms with E-state index in [1.165, 1.54) is 17.2 Å². The predicted octanol–water partition coefficient (Wildman–Crippen LogP) is 3.13. The van der Waals surface area contributed by atoms with E-state index in [1.807, 2.05) is 11.6 Å². The largest absolute Gasteiger partial charge is 0.332 e. The number of hydrogen-bond donors (Lipinski definition) is 1. The lowest BCUT2D eigenvalue weighted by molar-refractivity contribution is -0.116.